The monoisotopic (exact) mass is 1720 g/mol. The van der Waals surface area contributed by atoms with Gasteiger partial charge in [0.25, 0.3) is 0 Å². The first-order chi connectivity index (χ1) is 56.7. The fourth-order valence-corrected chi connectivity index (χ4v) is 14.0. The number of nitrogens with one attached hydrogen (secondary N) is 2. The molecule has 13 rings (SSSR count). The quantitative estimate of drug-likeness (QED) is 0.0286. The molecule has 2 saturated heterocycles. The number of hydrogen-bond donors (Lipinski definition) is 6. The van der Waals surface area contributed by atoms with E-state index in [-0.39, 0.29) is 63.2 Å². The fraction of sp³-hybridized carbons (Fsp3) is 0.395. The standard InChI is InChI=1S/C22H25FN4O4.C18H32BNO2.C17H19FN4O2.C17H17FN4O2.C12H9BrFN3O2/c1-22(2,3)31-21(29)27-9-5-6-14(12-27)17-11-25-19(24)18(26-17)13-7-8-15(16(23)10-13)20(28)30-4;1-16(2,3)22-15(21)20-10-8-9-14(11-20)19-12-17(4,5)18(6,7)13-19;2*1-24-17(23)12-5-4-10(7-13(12)18)15-16(19)21-9-14(22-15)11-3-2-6-20-8-11;1-19-12(18)7-3-2-6(4-8(7)14)10-11(15)16-5-9(13)17-10/h7-8,10-12H,5-6,9H2,1-4H3,(H2,24,25);11H,8-10,12-13H2,1-7H3;4-5,7,9,11,20H,2-3,6,8H2,1H3,(H2,19,21);4-5,7-9,20H,2-3,6H2,1H3,(H2,19,21);2-5H,1H3,(H2,15,16). The molecular weight excluding hydrogens is 1620 g/mol. The lowest BCUT2D eigenvalue weighted by Gasteiger charge is -2.35. The summed E-state index contributed by atoms with van der Waals surface area (Å²) in [4.78, 5) is 108. The Balaban J connectivity index is 0.000000172. The highest BCUT2D eigenvalue weighted by molar-refractivity contribution is 9.10. The number of carbonyl (C=O) groups is 6. The van der Waals surface area contributed by atoms with Crippen LogP contribution in [0.25, 0.3) is 56.2 Å². The molecule has 120 heavy (non-hydrogen) atoms. The van der Waals surface area contributed by atoms with Gasteiger partial charge in [0.1, 0.15) is 85.1 Å². The molecule has 2 amide bonds. The lowest BCUT2D eigenvalue weighted by molar-refractivity contribution is 0.0316. The molecule has 636 valence electrons. The Bertz CT molecular complexity index is 5190. The number of nitrogens with two attached hydrogens (primary N) is 4. The topological polar surface area (TPSA) is 396 Å². The number of amides is 2. The van der Waals surface area contributed by atoms with E-state index < -0.39 is 64.4 Å². The number of nitrogen functional groups attached to an aromatic ring is 4. The maximum atomic E-state index is 14.4. The average Bonchev–Trinajstić information content (AvgIpc) is 1.63. The second kappa shape index (κ2) is 40.2. The molecule has 4 aromatic heterocycles. The molecule has 0 spiro atoms. The number of aromatic nitrogens is 8. The number of anilines is 4. The molecule has 34 heteroatoms. The van der Waals surface area contributed by atoms with Gasteiger partial charge in [0.15, 0.2) is 6.71 Å². The highest BCUT2D eigenvalue weighted by Crippen LogP contribution is 2.55. The van der Waals surface area contributed by atoms with Crippen LogP contribution >= 0.6 is 15.9 Å². The molecule has 28 nitrogen and oxygen atoms in total. The minimum atomic E-state index is -0.772. The first-order valence-corrected chi connectivity index (χ1v) is 39.7. The Labute approximate surface area is 703 Å². The summed E-state index contributed by atoms with van der Waals surface area (Å²) in [5.74, 6) is -4.79. The zero-order chi connectivity index (χ0) is 87.7. The number of nitrogens with zero attached hydrogens (tertiary/aromatic N) is 10. The lowest BCUT2D eigenvalue weighted by atomic mass is 9.40. The molecule has 0 aliphatic carbocycles. The van der Waals surface area contributed by atoms with Crippen LogP contribution in [0.15, 0.2) is 126 Å². The number of methoxy groups -OCH3 is 4. The number of halogens is 5. The Kier molecular flexibility index (Phi) is 30.8. The molecule has 4 aromatic carbocycles. The zero-order valence-electron chi connectivity index (χ0n) is 69.8. The van der Waals surface area contributed by atoms with Crippen LogP contribution in [0.2, 0.25) is 12.6 Å². The van der Waals surface area contributed by atoms with Gasteiger partial charge in [0, 0.05) is 73.0 Å². The van der Waals surface area contributed by atoms with Crippen molar-refractivity contribution in [3.05, 3.63) is 189 Å². The predicted octanol–water partition coefficient (Wildman–Crippen LogP) is 15.9. The van der Waals surface area contributed by atoms with Gasteiger partial charge in [-0.25, -0.2) is 86.2 Å². The van der Waals surface area contributed by atoms with E-state index in [0.29, 0.717) is 85.8 Å². The molecule has 2 fully saturated rings. The number of benzene rings is 4. The second-order valence-corrected chi connectivity index (χ2v) is 33.0. The van der Waals surface area contributed by atoms with Crippen molar-refractivity contribution in [3.8, 4) is 45.0 Å². The van der Waals surface area contributed by atoms with Gasteiger partial charge in [0.2, 0.25) is 0 Å². The zero-order valence-corrected chi connectivity index (χ0v) is 71.4. The number of rotatable bonds is 12. The second-order valence-electron chi connectivity index (χ2n) is 32.2. The fourth-order valence-electron chi connectivity index (χ4n) is 13.7. The van der Waals surface area contributed by atoms with Crippen molar-refractivity contribution in [2.75, 3.05) is 84.1 Å². The number of hydrogen-bond acceptors (Lipinski definition) is 26. The summed E-state index contributed by atoms with van der Waals surface area (Å²) in [7, 11) is 4.78. The van der Waals surface area contributed by atoms with Crippen LogP contribution in [-0.4, -0.2) is 165 Å². The lowest BCUT2D eigenvalue weighted by Crippen LogP contribution is -2.37. The summed E-state index contributed by atoms with van der Waals surface area (Å²) in [6, 6.07) is 16.4. The van der Waals surface area contributed by atoms with Gasteiger partial charge in [0.05, 0.1) is 92.6 Å². The van der Waals surface area contributed by atoms with E-state index in [9.17, 15) is 46.3 Å². The number of allylic oxidation sites excluding steroid dienone is 3. The molecule has 8 aromatic rings. The Morgan fingerprint density at radius 1 is 0.492 bits per heavy atom. The van der Waals surface area contributed by atoms with Crippen LogP contribution in [0.5, 0.6) is 0 Å². The maximum Gasteiger partial charge on any atom is 0.414 e. The molecule has 1 atom stereocenters. The third-order valence-electron chi connectivity index (χ3n) is 20.7. The van der Waals surface area contributed by atoms with E-state index in [2.05, 4.69) is 119 Å². The number of piperidine rings is 1. The van der Waals surface area contributed by atoms with Crippen LogP contribution in [0.1, 0.15) is 185 Å². The van der Waals surface area contributed by atoms with Gasteiger partial charge in [-0.1, -0.05) is 70.1 Å². The van der Waals surface area contributed by atoms with Gasteiger partial charge < -0.3 is 62.0 Å². The molecule has 0 bridgehead atoms. The third kappa shape index (κ3) is 24.0. The van der Waals surface area contributed by atoms with Crippen molar-refractivity contribution < 1.29 is 74.8 Å². The van der Waals surface area contributed by atoms with E-state index in [1.807, 2.05) is 47.7 Å². The van der Waals surface area contributed by atoms with Gasteiger partial charge >= 0.3 is 36.1 Å². The molecule has 0 radical (unpaired) electrons. The highest BCUT2D eigenvalue weighted by atomic mass is 79.9. The molecule has 9 heterocycles. The SMILES string of the molecule is CC(C)(C)OC(=O)N1C=C(B2CC(C)(C)C(C)(C)C2)CCC1.COC(=O)c1ccc(-c2nc(Br)cnc2N)cc1F.COC(=O)c1ccc(-c2nc(C3=CN(C(=O)OC(C)(C)C)CCC3)cnc2N)cc1F.COC(=O)c1ccc(-c2nc(C3=CNCCC3)cnc2N)cc1F.COC(=O)c1ccc(-c2nc(C3CCCNC3)cnc2N)cc1F. The Hall–Kier alpha value is -11.9. The third-order valence-corrected chi connectivity index (χ3v) is 21.1. The maximum absolute atomic E-state index is 14.4. The van der Waals surface area contributed by atoms with E-state index in [1.165, 1.54) is 125 Å². The van der Waals surface area contributed by atoms with Crippen molar-refractivity contribution in [2.45, 2.75) is 150 Å². The Morgan fingerprint density at radius 3 is 1.27 bits per heavy atom. The minimum absolute atomic E-state index is 0.120. The van der Waals surface area contributed by atoms with Crippen molar-refractivity contribution in [3.63, 3.8) is 0 Å². The van der Waals surface area contributed by atoms with Crippen LogP contribution in [-0.2, 0) is 28.4 Å². The van der Waals surface area contributed by atoms with Crippen LogP contribution < -0.4 is 33.6 Å². The predicted molar refractivity (Wildman–Crippen MR) is 454 cm³/mol. The summed E-state index contributed by atoms with van der Waals surface area (Å²) in [5, 5.41) is 6.50. The molecule has 5 aliphatic rings. The van der Waals surface area contributed by atoms with Crippen molar-refractivity contribution in [1.29, 1.82) is 0 Å². The summed E-state index contributed by atoms with van der Waals surface area (Å²) in [5.41, 5.74) is 31.1. The number of ether oxygens (including phenoxy) is 6. The van der Waals surface area contributed by atoms with Crippen molar-refractivity contribution in [1.82, 2.24) is 60.3 Å². The summed E-state index contributed by atoms with van der Waals surface area (Å²) < 4.78 is 86.0. The Morgan fingerprint density at radius 2 is 0.875 bits per heavy atom. The van der Waals surface area contributed by atoms with Gasteiger partial charge in [-0.3, -0.25) is 9.80 Å². The van der Waals surface area contributed by atoms with Crippen LogP contribution in [0, 0.1) is 34.1 Å². The van der Waals surface area contributed by atoms with E-state index in [4.69, 9.17) is 32.4 Å². The van der Waals surface area contributed by atoms with E-state index in [1.54, 1.807) is 35.6 Å². The van der Waals surface area contributed by atoms with E-state index >= 15 is 0 Å². The van der Waals surface area contributed by atoms with Gasteiger partial charge in [-0.15, -0.1) is 0 Å². The van der Waals surface area contributed by atoms with Crippen LogP contribution in [0.4, 0.5) is 50.4 Å². The number of carbonyl (C=O) groups excluding carboxylic acids is 6. The highest BCUT2D eigenvalue weighted by Gasteiger charge is 2.49. The molecule has 10 N–H and O–H groups in total. The first-order valence-electron chi connectivity index (χ1n) is 39.0. The normalized spacial score (nSPS) is 16.0. The summed E-state index contributed by atoms with van der Waals surface area (Å²) >= 11 is 3.16. The molecular formula is C86H102BBrF4N16O12. The summed E-state index contributed by atoms with van der Waals surface area (Å²) in [6.45, 7) is 25.4. The summed E-state index contributed by atoms with van der Waals surface area (Å²) in [6.07, 6.45) is 21.3. The largest absolute Gasteiger partial charge is 0.465 e. The minimum Gasteiger partial charge on any atom is -0.465 e. The van der Waals surface area contributed by atoms with Crippen molar-refractivity contribution in [2.24, 2.45) is 10.8 Å². The average molecular weight is 1720 g/mol. The van der Waals surface area contributed by atoms with E-state index in [0.717, 1.165) is 88.0 Å². The first kappa shape index (κ1) is 92.0. The van der Waals surface area contributed by atoms with Crippen molar-refractivity contribution >= 4 is 93.1 Å². The molecule has 1 unspecified atom stereocenters. The smallest absolute Gasteiger partial charge is 0.414 e. The van der Waals surface area contributed by atoms with Gasteiger partial charge in [-0.05, 0) is 186 Å². The molecule has 5 aliphatic heterocycles. The molecule has 0 saturated carbocycles. The van der Waals surface area contributed by atoms with Crippen LogP contribution in [0.3, 0.4) is 0 Å². The van der Waals surface area contributed by atoms with Gasteiger partial charge in [-0.2, -0.15) is 0 Å². The number of esters is 4.